The Morgan fingerprint density at radius 1 is 1.22 bits per heavy atom. The van der Waals surface area contributed by atoms with Crippen LogP contribution in [0.25, 0.3) is 0 Å². The summed E-state index contributed by atoms with van der Waals surface area (Å²) in [5, 5.41) is 7.01. The van der Waals surface area contributed by atoms with E-state index in [4.69, 9.17) is 4.74 Å². The molecule has 0 fully saturated rings. The normalized spacial score (nSPS) is 16.5. The molecule has 4 rings (SSSR count). The summed E-state index contributed by atoms with van der Waals surface area (Å²) < 4.78 is 5.35. The molecule has 0 saturated carbocycles. The third-order valence-corrected chi connectivity index (χ3v) is 6.06. The van der Waals surface area contributed by atoms with Crippen molar-refractivity contribution in [1.82, 2.24) is 5.43 Å². The van der Waals surface area contributed by atoms with Gasteiger partial charge in [0.25, 0.3) is 11.8 Å². The fraction of sp³-hybridized carbons (Fsp3) is 0.350. The Morgan fingerprint density at radius 2 is 2.07 bits per heavy atom. The molecule has 0 spiro atoms. The van der Waals surface area contributed by atoms with Crippen LogP contribution in [0, 0.1) is 0 Å². The van der Waals surface area contributed by atoms with Gasteiger partial charge in [-0.2, -0.15) is 5.10 Å². The van der Waals surface area contributed by atoms with E-state index in [1.807, 2.05) is 19.1 Å². The summed E-state index contributed by atoms with van der Waals surface area (Å²) in [4.78, 5) is 26.0. The zero-order valence-corrected chi connectivity index (χ0v) is 15.9. The van der Waals surface area contributed by atoms with Crippen LogP contribution in [0.3, 0.4) is 0 Å². The Kier molecular flexibility index (Phi) is 4.94. The van der Waals surface area contributed by atoms with E-state index in [0.29, 0.717) is 22.0 Å². The van der Waals surface area contributed by atoms with Crippen molar-refractivity contribution in [3.8, 4) is 5.75 Å². The first-order valence-electron chi connectivity index (χ1n) is 9.13. The van der Waals surface area contributed by atoms with Crippen molar-refractivity contribution < 1.29 is 14.3 Å². The third kappa shape index (κ3) is 3.88. The molecule has 7 heteroatoms. The van der Waals surface area contributed by atoms with E-state index in [1.54, 1.807) is 23.5 Å². The smallest absolute Gasteiger partial charge is 0.281 e. The Labute approximate surface area is 161 Å². The van der Waals surface area contributed by atoms with E-state index in [0.717, 1.165) is 18.4 Å². The van der Waals surface area contributed by atoms with Gasteiger partial charge in [0, 0.05) is 4.88 Å². The van der Waals surface area contributed by atoms with E-state index < -0.39 is 0 Å². The predicted octanol–water partition coefficient (Wildman–Crippen LogP) is 3.50. The molecule has 0 radical (unpaired) electrons. The van der Waals surface area contributed by atoms with Gasteiger partial charge >= 0.3 is 0 Å². The number of nitrogens with one attached hydrogen (secondary N) is 2. The Morgan fingerprint density at radius 3 is 2.96 bits per heavy atom. The van der Waals surface area contributed by atoms with Crippen LogP contribution in [0.1, 0.15) is 51.9 Å². The topological polar surface area (TPSA) is 79.8 Å². The second-order valence-corrected chi connectivity index (χ2v) is 7.94. The summed E-state index contributed by atoms with van der Waals surface area (Å²) in [6.45, 7) is 1.84. The van der Waals surface area contributed by atoms with Gasteiger partial charge in [-0.05, 0) is 68.0 Å². The summed E-state index contributed by atoms with van der Waals surface area (Å²) in [5.41, 5.74) is 6.05. The second kappa shape index (κ2) is 7.52. The van der Waals surface area contributed by atoms with E-state index in [9.17, 15) is 9.59 Å². The average Bonchev–Trinajstić information content (AvgIpc) is 2.96. The fourth-order valence-corrected chi connectivity index (χ4v) is 4.49. The number of anilines is 1. The highest BCUT2D eigenvalue weighted by Crippen LogP contribution is 2.30. The van der Waals surface area contributed by atoms with Crippen molar-refractivity contribution in [2.24, 2.45) is 5.10 Å². The minimum absolute atomic E-state index is 0.0280. The van der Waals surface area contributed by atoms with Crippen molar-refractivity contribution in [3.63, 3.8) is 0 Å². The first-order chi connectivity index (χ1) is 13.1. The number of benzene rings is 1. The molecule has 140 valence electrons. The number of ether oxygens (including phenoxy) is 1. The van der Waals surface area contributed by atoms with Gasteiger partial charge in [-0.3, -0.25) is 9.59 Å². The number of amides is 2. The lowest BCUT2D eigenvalue weighted by molar-refractivity contribution is -0.118. The Hall–Kier alpha value is -2.67. The van der Waals surface area contributed by atoms with Gasteiger partial charge in [-0.15, -0.1) is 11.3 Å². The SMILES string of the molecule is C/C(=N/NC(=O)c1cc2c(s1)CCCCC2)c1ccc2c(c1)NC(=O)CO2. The highest BCUT2D eigenvalue weighted by molar-refractivity contribution is 7.14. The van der Waals surface area contributed by atoms with Crippen molar-refractivity contribution >= 4 is 34.6 Å². The van der Waals surface area contributed by atoms with Crippen LogP contribution in [0.2, 0.25) is 0 Å². The molecule has 1 aliphatic carbocycles. The zero-order chi connectivity index (χ0) is 18.8. The molecule has 1 aromatic carbocycles. The summed E-state index contributed by atoms with van der Waals surface area (Å²) in [6, 6.07) is 7.46. The first-order valence-corrected chi connectivity index (χ1v) is 9.95. The van der Waals surface area contributed by atoms with Crippen LogP contribution in [-0.4, -0.2) is 24.1 Å². The maximum absolute atomic E-state index is 12.5. The van der Waals surface area contributed by atoms with Crippen LogP contribution in [0.5, 0.6) is 5.75 Å². The van der Waals surface area contributed by atoms with E-state index >= 15 is 0 Å². The van der Waals surface area contributed by atoms with Gasteiger partial charge in [0.15, 0.2) is 6.61 Å². The Bertz CT molecular complexity index is 909. The monoisotopic (exact) mass is 383 g/mol. The van der Waals surface area contributed by atoms with E-state index in [2.05, 4.69) is 15.8 Å². The van der Waals surface area contributed by atoms with Gasteiger partial charge in [-0.1, -0.05) is 6.42 Å². The second-order valence-electron chi connectivity index (χ2n) is 6.81. The fourth-order valence-electron chi connectivity index (χ4n) is 3.34. The van der Waals surface area contributed by atoms with Gasteiger partial charge in [0.2, 0.25) is 0 Å². The molecule has 2 aliphatic rings. The molecule has 2 amide bonds. The molecule has 27 heavy (non-hydrogen) atoms. The standard InChI is InChI=1S/C20H21N3O3S/c1-12(13-7-8-16-15(9-13)21-19(24)11-26-16)22-23-20(25)18-10-14-5-3-2-4-6-17(14)27-18/h7-10H,2-6,11H2,1H3,(H,21,24)(H,23,25)/b22-12-. The Balaban J connectivity index is 1.47. The quantitative estimate of drug-likeness (QED) is 0.484. The maximum atomic E-state index is 12.5. The number of carbonyl (C=O) groups is 2. The number of hydrogen-bond acceptors (Lipinski definition) is 5. The highest BCUT2D eigenvalue weighted by atomic mass is 32.1. The molecule has 0 bridgehead atoms. The summed E-state index contributed by atoms with van der Waals surface area (Å²) >= 11 is 1.58. The molecule has 1 aliphatic heterocycles. The zero-order valence-electron chi connectivity index (χ0n) is 15.1. The lowest BCUT2D eigenvalue weighted by atomic mass is 10.1. The van der Waals surface area contributed by atoms with Crippen LogP contribution in [0.4, 0.5) is 5.69 Å². The average molecular weight is 383 g/mol. The number of nitrogens with zero attached hydrogens (tertiary/aromatic N) is 1. The third-order valence-electron chi connectivity index (χ3n) is 4.83. The van der Waals surface area contributed by atoms with Gasteiger partial charge in [0.1, 0.15) is 5.75 Å². The molecule has 0 unspecified atom stereocenters. The van der Waals surface area contributed by atoms with E-state index in [1.165, 1.54) is 29.7 Å². The first kappa shape index (κ1) is 17.7. The van der Waals surface area contributed by atoms with Gasteiger partial charge < -0.3 is 10.1 Å². The maximum Gasteiger partial charge on any atom is 0.281 e. The number of aryl methyl sites for hydroxylation is 2. The number of rotatable bonds is 3. The van der Waals surface area contributed by atoms with E-state index in [-0.39, 0.29) is 18.4 Å². The molecular formula is C20H21N3O3S. The highest BCUT2D eigenvalue weighted by Gasteiger charge is 2.18. The van der Waals surface area contributed by atoms with Crippen LogP contribution in [0.15, 0.2) is 29.4 Å². The molecule has 2 heterocycles. The molecule has 6 nitrogen and oxygen atoms in total. The minimum atomic E-state index is -0.181. The van der Waals surface area contributed by atoms with Crippen molar-refractivity contribution in [2.45, 2.75) is 39.0 Å². The lowest BCUT2D eigenvalue weighted by Crippen LogP contribution is -2.25. The molecular weight excluding hydrogens is 362 g/mol. The summed E-state index contributed by atoms with van der Waals surface area (Å²) in [7, 11) is 0. The van der Waals surface area contributed by atoms with Crippen LogP contribution < -0.4 is 15.5 Å². The van der Waals surface area contributed by atoms with Crippen molar-refractivity contribution in [2.75, 3.05) is 11.9 Å². The largest absolute Gasteiger partial charge is 0.482 e. The molecule has 0 atom stereocenters. The van der Waals surface area contributed by atoms with Crippen molar-refractivity contribution in [1.29, 1.82) is 0 Å². The number of hydrazone groups is 1. The molecule has 2 aromatic rings. The lowest BCUT2D eigenvalue weighted by Gasteiger charge is -2.18. The molecule has 2 N–H and O–H groups in total. The summed E-state index contributed by atoms with van der Waals surface area (Å²) in [5.74, 6) is 0.275. The number of thiophene rings is 1. The van der Waals surface area contributed by atoms with Crippen LogP contribution >= 0.6 is 11.3 Å². The minimum Gasteiger partial charge on any atom is -0.482 e. The van der Waals surface area contributed by atoms with Gasteiger partial charge in [0.05, 0.1) is 16.3 Å². The number of fused-ring (bicyclic) bond motifs is 2. The van der Waals surface area contributed by atoms with Crippen molar-refractivity contribution in [3.05, 3.63) is 45.1 Å². The number of carbonyl (C=O) groups excluding carboxylic acids is 2. The summed E-state index contributed by atoms with van der Waals surface area (Å²) in [6.07, 6.45) is 5.78. The van der Waals surface area contributed by atoms with Crippen LogP contribution in [-0.2, 0) is 17.6 Å². The molecule has 0 saturated heterocycles. The van der Waals surface area contributed by atoms with Gasteiger partial charge in [-0.25, -0.2) is 5.43 Å². The number of hydrogen-bond donors (Lipinski definition) is 2. The predicted molar refractivity (Wildman–Crippen MR) is 106 cm³/mol. The molecule has 1 aromatic heterocycles.